The third kappa shape index (κ3) is 3.59. The molecule has 18 heavy (non-hydrogen) atoms. The van der Waals surface area contributed by atoms with Crippen LogP contribution in [-0.4, -0.2) is 54.5 Å². The SMILES string of the molecule is O=C(NCCC1CCCCO1)N1CCCC1CO. The normalized spacial score (nSPS) is 28.4. The average molecular weight is 256 g/mol. The molecule has 2 saturated heterocycles. The van der Waals surface area contributed by atoms with Gasteiger partial charge < -0.3 is 20.1 Å². The Balaban J connectivity index is 1.64. The van der Waals surface area contributed by atoms with Crippen molar-refractivity contribution in [2.45, 2.75) is 50.7 Å². The summed E-state index contributed by atoms with van der Waals surface area (Å²) < 4.78 is 5.62. The number of hydrogen-bond donors (Lipinski definition) is 2. The molecule has 2 N–H and O–H groups in total. The van der Waals surface area contributed by atoms with Gasteiger partial charge in [-0.15, -0.1) is 0 Å². The first kappa shape index (κ1) is 13.6. The van der Waals surface area contributed by atoms with E-state index in [4.69, 9.17) is 4.74 Å². The van der Waals surface area contributed by atoms with Crippen molar-refractivity contribution in [3.63, 3.8) is 0 Å². The summed E-state index contributed by atoms with van der Waals surface area (Å²) in [5, 5.41) is 12.1. The van der Waals surface area contributed by atoms with Gasteiger partial charge in [0.25, 0.3) is 0 Å². The number of ether oxygens (including phenoxy) is 1. The molecule has 0 radical (unpaired) electrons. The summed E-state index contributed by atoms with van der Waals surface area (Å²) in [6.45, 7) is 2.35. The zero-order valence-corrected chi connectivity index (χ0v) is 10.9. The Morgan fingerprint density at radius 1 is 1.33 bits per heavy atom. The molecule has 5 nitrogen and oxygen atoms in total. The highest BCUT2D eigenvalue weighted by Crippen LogP contribution is 2.17. The molecule has 2 aliphatic rings. The Kier molecular flexibility index (Phi) is 5.26. The third-order valence-electron chi connectivity index (χ3n) is 3.87. The van der Waals surface area contributed by atoms with E-state index in [1.54, 1.807) is 4.90 Å². The number of aliphatic hydroxyl groups is 1. The molecule has 0 spiro atoms. The summed E-state index contributed by atoms with van der Waals surface area (Å²) in [6, 6.07) is -0.0294. The predicted octanol–water partition coefficient (Wildman–Crippen LogP) is 1.11. The minimum absolute atomic E-state index is 0.0101. The lowest BCUT2D eigenvalue weighted by atomic mass is 10.1. The molecule has 2 aliphatic heterocycles. The van der Waals surface area contributed by atoms with E-state index in [1.165, 1.54) is 6.42 Å². The summed E-state index contributed by atoms with van der Waals surface area (Å²) in [4.78, 5) is 13.7. The van der Waals surface area contributed by atoms with Crippen molar-refractivity contribution < 1.29 is 14.6 Å². The maximum Gasteiger partial charge on any atom is 0.317 e. The first-order chi connectivity index (χ1) is 8.81. The van der Waals surface area contributed by atoms with Crippen molar-refractivity contribution in [2.24, 2.45) is 0 Å². The van der Waals surface area contributed by atoms with Gasteiger partial charge >= 0.3 is 6.03 Å². The topological polar surface area (TPSA) is 61.8 Å². The zero-order chi connectivity index (χ0) is 12.8. The molecular weight excluding hydrogens is 232 g/mol. The van der Waals surface area contributed by atoms with E-state index < -0.39 is 0 Å². The van der Waals surface area contributed by atoms with Gasteiger partial charge in [0.2, 0.25) is 0 Å². The van der Waals surface area contributed by atoms with Crippen LogP contribution in [0.3, 0.4) is 0 Å². The maximum atomic E-state index is 11.9. The van der Waals surface area contributed by atoms with Gasteiger partial charge in [-0.1, -0.05) is 0 Å². The van der Waals surface area contributed by atoms with Gasteiger partial charge in [-0.3, -0.25) is 0 Å². The standard InChI is InChI=1S/C13H24N2O3/c16-10-11-4-3-8-15(11)13(17)14-7-6-12-5-1-2-9-18-12/h11-12,16H,1-10H2,(H,14,17). The summed E-state index contributed by atoms with van der Waals surface area (Å²) in [7, 11) is 0. The molecule has 2 unspecified atom stereocenters. The lowest BCUT2D eigenvalue weighted by Crippen LogP contribution is -2.45. The van der Waals surface area contributed by atoms with Crippen LogP contribution in [0.15, 0.2) is 0 Å². The molecule has 5 heteroatoms. The van der Waals surface area contributed by atoms with Crippen LogP contribution in [0.4, 0.5) is 4.79 Å². The number of nitrogens with zero attached hydrogens (tertiary/aromatic N) is 1. The van der Waals surface area contributed by atoms with Gasteiger partial charge in [0.1, 0.15) is 0 Å². The predicted molar refractivity (Wildman–Crippen MR) is 68.4 cm³/mol. The number of carbonyl (C=O) groups is 1. The lowest BCUT2D eigenvalue weighted by Gasteiger charge is -2.25. The van der Waals surface area contributed by atoms with E-state index >= 15 is 0 Å². The van der Waals surface area contributed by atoms with E-state index in [1.807, 2.05) is 0 Å². The number of urea groups is 1. The number of rotatable bonds is 4. The monoisotopic (exact) mass is 256 g/mol. The fourth-order valence-corrected chi connectivity index (χ4v) is 2.77. The number of carbonyl (C=O) groups excluding carboxylic acids is 1. The largest absolute Gasteiger partial charge is 0.394 e. The summed E-state index contributed by atoms with van der Waals surface area (Å²) in [6.07, 6.45) is 6.61. The molecule has 0 aromatic rings. The molecule has 104 valence electrons. The van der Waals surface area contributed by atoms with Crippen LogP contribution in [0.5, 0.6) is 0 Å². The molecule has 0 aliphatic carbocycles. The number of amides is 2. The van der Waals surface area contributed by atoms with Crippen LogP contribution >= 0.6 is 0 Å². The third-order valence-corrected chi connectivity index (χ3v) is 3.87. The quantitative estimate of drug-likeness (QED) is 0.792. The fraction of sp³-hybridized carbons (Fsp3) is 0.923. The molecule has 2 fully saturated rings. The second kappa shape index (κ2) is 6.95. The highest BCUT2D eigenvalue weighted by atomic mass is 16.5. The van der Waals surface area contributed by atoms with Gasteiger partial charge in [0.15, 0.2) is 0 Å². The highest BCUT2D eigenvalue weighted by Gasteiger charge is 2.27. The molecule has 0 saturated carbocycles. The Hall–Kier alpha value is -0.810. The molecule has 0 bridgehead atoms. The number of nitrogens with one attached hydrogen (secondary N) is 1. The van der Waals surface area contributed by atoms with E-state index in [0.717, 1.165) is 45.3 Å². The molecule has 2 amide bonds. The van der Waals surface area contributed by atoms with Gasteiger partial charge in [0.05, 0.1) is 18.8 Å². The molecule has 0 aromatic carbocycles. The minimum Gasteiger partial charge on any atom is -0.394 e. The Morgan fingerprint density at radius 3 is 2.94 bits per heavy atom. The first-order valence-corrected chi connectivity index (χ1v) is 7.08. The lowest BCUT2D eigenvalue weighted by molar-refractivity contribution is 0.0118. The summed E-state index contributed by atoms with van der Waals surface area (Å²) >= 11 is 0. The number of aliphatic hydroxyl groups excluding tert-OH is 1. The smallest absolute Gasteiger partial charge is 0.317 e. The van der Waals surface area contributed by atoms with Crippen LogP contribution in [0.2, 0.25) is 0 Å². The highest BCUT2D eigenvalue weighted by molar-refractivity contribution is 5.74. The molecule has 2 atom stereocenters. The molecule has 2 heterocycles. The van der Waals surface area contributed by atoms with E-state index in [2.05, 4.69) is 5.32 Å². The average Bonchev–Trinajstić information content (AvgIpc) is 2.88. The fourth-order valence-electron chi connectivity index (χ4n) is 2.77. The molecule has 0 aromatic heterocycles. The number of hydrogen-bond acceptors (Lipinski definition) is 3. The maximum absolute atomic E-state index is 11.9. The van der Waals surface area contributed by atoms with Crippen molar-refractivity contribution in [3.05, 3.63) is 0 Å². The van der Waals surface area contributed by atoms with Crippen LogP contribution in [0.25, 0.3) is 0 Å². The summed E-state index contributed by atoms with van der Waals surface area (Å²) in [5.74, 6) is 0. The van der Waals surface area contributed by atoms with Crippen LogP contribution < -0.4 is 5.32 Å². The summed E-state index contributed by atoms with van der Waals surface area (Å²) in [5.41, 5.74) is 0. The van der Waals surface area contributed by atoms with Crippen molar-refractivity contribution >= 4 is 6.03 Å². The van der Waals surface area contributed by atoms with Crippen molar-refractivity contribution in [1.29, 1.82) is 0 Å². The minimum atomic E-state index is -0.0395. The van der Waals surface area contributed by atoms with Crippen LogP contribution in [0, 0.1) is 0 Å². The van der Waals surface area contributed by atoms with Gasteiger partial charge in [-0.05, 0) is 38.5 Å². The first-order valence-electron chi connectivity index (χ1n) is 7.08. The Bertz CT molecular complexity index is 267. The van der Waals surface area contributed by atoms with Gasteiger partial charge in [0, 0.05) is 19.7 Å². The van der Waals surface area contributed by atoms with Crippen molar-refractivity contribution in [2.75, 3.05) is 26.3 Å². The second-order valence-electron chi connectivity index (χ2n) is 5.18. The van der Waals surface area contributed by atoms with Crippen LogP contribution in [0.1, 0.15) is 38.5 Å². The Morgan fingerprint density at radius 2 is 2.22 bits per heavy atom. The van der Waals surface area contributed by atoms with Gasteiger partial charge in [-0.25, -0.2) is 4.79 Å². The van der Waals surface area contributed by atoms with Gasteiger partial charge in [-0.2, -0.15) is 0 Å². The van der Waals surface area contributed by atoms with E-state index in [0.29, 0.717) is 12.6 Å². The Labute approximate surface area is 108 Å². The number of likely N-dealkylation sites (tertiary alicyclic amines) is 1. The molecule has 2 rings (SSSR count). The second-order valence-corrected chi connectivity index (χ2v) is 5.18. The van der Waals surface area contributed by atoms with Crippen LogP contribution in [-0.2, 0) is 4.74 Å². The zero-order valence-electron chi connectivity index (χ0n) is 10.9. The van der Waals surface area contributed by atoms with E-state index in [9.17, 15) is 9.90 Å². The molecular formula is C13H24N2O3. The van der Waals surface area contributed by atoms with Crippen molar-refractivity contribution in [1.82, 2.24) is 10.2 Å². The van der Waals surface area contributed by atoms with Crippen molar-refractivity contribution in [3.8, 4) is 0 Å². The van der Waals surface area contributed by atoms with E-state index in [-0.39, 0.29) is 18.7 Å².